The number of rotatable bonds is 8. The van der Waals surface area contributed by atoms with Crippen molar-refractivity contribution in [2.45, 2.75) is 52.6 Å². The molecule has 2 atom stereocenters. The van der Waals surface area contributed by atoms with Crippen LogP contribution in [0.25, 0.3) is 0 Å². The molecular weight excluding hydrogens is 246 g/mol. The Balaban J connectivity index is 1.82. The van der Waals surface area contributed by atoms with E-state index in [1.165, 1.54) is 18.4 Å². The lowest BCUT2D eigenvalue weighted by Crippen LogP contribution is -2.27. The molecule has 20 heavy (non-hydrogen) atoms. The van der Waals surface area contributed by atoms with Gasteiger partial charge in [0.15, 0.2) is 0 Å². The van der Waals surface area contributed by atoms with Crippen LogP contribution in [-0.4, -0.2) is 19.2 Å². The van der Waals surface area contributed by atoms with Gasteiger partial charge in [-0.15, -0.1) is 0 Å². The van der Waals surface area contributed by atoms with Crippen LogP contribution < -0.4 is 10.1 Å². The zero-order valence-corrected chi connectivity index (χ0v) is 13.4. The predicted molar refractivity (Wildman–Crippen MR) is 85.4 cm³/mol. The molecule has 2 heteroatoms. The van der Waals surface area contributed by atoms with Gasteiger partial charge in [-0.2, -0.15) is 0 Å². The first-order valence-electron chi connectivity index (χ1n) is 8.03. The molecule has 0 spiro atoms. The number of hydrogen-bond acceptors (Lipinski definition) is 2. The Morgan fingerprint density at radius 2 is 1.70 bits per heavy atom. The molecule has 0 aliphatic heterocycles. The van der Waals surface area contributed by atoms with E-state index in [0.717, 1.165) is 24.8 Å². The van der Waals surface area contributed by atoms with Crippen molar-refractivity contribution in [3.8, 4) is 5.75 Å². The summed E-state index contributed by atoms with van der Waals surface area (Å²) in [5.41, 5.74) is 1.41. The molecule has 0 radical (unpaired) electrons. The quantitative estimate of drug-likeness (QED) is 0.767. The smallest absolute Gasteiger partial charge is 0.119 e. The summed E-state index contributed by atoms with van der Waals surface area (Å²) in [6.07, 6.45) is 2.92. The van der Waals surface area contributed by atoms with E-state index in [1.807, 2.05) is 0 Å². The van der Waals surface area contributed by atoms with Gasteiger partial charge in [0.2, 0.25) is 0 Å². The zero-order chi connectivity index (χ0) is 14.5. The fourth-order valence-corrected chi connectivity index (χ4v) is 2.33. The second-order valence-corrected chi connectivity index (χ2v) is 6.70. The van der Waals surface area contributed by atoms with E-state index in [2.05, 4.69) is 57.3 Å². The second-order valence-electron chi connectivity index (χ2n) is 6.70. The van der Waals surface area contributed by atoms with Crippen molar-refractivity contribution in [2.75, 3.05) is 13.1 Å². The Bertz CT molecular complexity index is 394. The van der Waals surface area contributed by atoms with Crippen LogP contribution >= 0.6 is 0 Å². The van der Waals surface area contributed by atoms with Gasteiger partial charge in [0.05, 0.1) is 6.10 Å². The van der Waals surface area contributed by atoms with E-state index < -0.39 is 0 Å². The molecule has 0 heterocycles. The molecule has 112 valence electrons. The molecule has 2 unspecified atom stereocenters. The lowest BCUT2D eigenvalue weighted by molar-refractivity contribution is 0.303. The minimum Gasteiger partial charge on any atom is -0.490 e. The third-order valence-electron chi connectivity index (χ3n) is 4.11. The van der Waals surface area contributed by atoms with Crippen molar-refractivity contribution < 1.29 is 4.74 Å². The number of nitrogens with one attached hydrogen (secondary N) is 1. The summed E-state index contributed by atoms with van der Waals surface area (Å²) >= 11 is 0. The molecule has 0 bridgehead atoms. The molecule has 1 fully saturated rings. The van der Waals surface area contributed by atoms with Gasteiger partial charge in [-0.3, -0.25) is 0 Å². The lowest BCUT2D eigenvalue weighted by atomic mass is 9.89. The van der Waals surface area contributed by atoms with Crippen LogP contribution in [0.4, 0.5) is 0 Å². The van der Waals surface area contributed by atoms with Crippen LogP contribution in [0.5, 0.6) is 5.75 Å². The summed E-state index contributed by atoms with van der Waals surface area (Å²) in [6, 6.07) is 8.69. The van der Waals surface area contributed by atoms with Gasteiger partial charge in [-0.25, -0.2) is 0 Å². The largest absolute Gasteiger partial charge is 0.490 e. The van der Waals surface area contributed by atoms with E-state index in [0.29, 0.717) is 17.9 Å². The normalized spacial score (nSPS) is 18.1. The van der Waals surface area contributed by atoms with Crippen molar-refractivity contribution >= 4 is 0 Å². The molecule has 1 aromatic carbocycles. The Morgan fingerprint density at radius 1 is 1.05 bits per heavy atom. The lowest BCUT2D eigenvalue weighted by Gasteiger charge is -2.21. The highest BCUT2D eigenvalue weighted by atomic mass is 16.5. The summed E-state index contributed by atoms with van der Waals surface area (Å²) in [6.45, 7) is 11.3. The first-order chi connectivity index (χ1) is 9.56. The van der Waals surface area contributed by atoms with Crippen LogP contribution in [-0.2, 0) is 0 Å². The number of ether oxygens (including phenoxy) is 1. The fraction of sp³-hybridized carbons (Fsp3) is 0.667. The molecule has 1 aliphatic rings. The molecule has 2 rings (SSSR count). The summed E-state index contributed by atoms with van der Waals surface area (Å²) < 4.78 is 5.80. The van der Waals surface area contributed by atoms with Gasteiger partial charge in [0.25, 0.3) is 0 Å². The third-order valence-corrected chi connectivity index (χ3v) is 4.11. The van der Waals surface area contributed by atoms with E-state index in [1.54, 1.807) is 0 Å². The van der Waals surface area contributed by atoms with Gasteiger partial charge in [0, 0.05) is 0 Å². The highest BCUT2D eigenvalue weighted by Gasteiger charge is 2.23. The average molecular weight is 275 g/mol. The van der Waals surface area contributed by atoms with Gasteiger partial charge in [-0.1, -0.05) is 39.8 Å². The molecule has 0 saturated heterocycles. The van der Waals surface area contributed by atoms with Gasteiger partial charge < -0.3 is 10.1 Å². The molecular formula is C18H29NO. The Hall–Kier alpha value is -1.02. The van der Waals surface area contributed by atoms with E-state index in [4.69, 9.17) is 4.74 Å². The Morgan fingerprint density at radius 3 is 2.25 bits per heavy atom. The van der Waals surface area contributed by atoms with Gasteiger partial charge in [0.1, 0.15) is 5.75 Å². The molecule has 0 amide bonds. The summed E-state index contributed by atoms with van der Waals surface area (Å²) in [7, 11) is 0. The average Bonchev–Trinajstić information content (AvgIpc) is 3.22. The van der Waals surface area contributed by atoms with Crippen molar-refractivity contribution in [3.63, 3.8) is 0 Å². The molecule has 2 nitrogen and oxygen atoms in total. The standard InChI is InChI=1S/C18H29NO/c1-13(2)11-19-12-14(3)15(4)16-5-7-17(8-6-16)20-18-9-10-18/h5-8,13-15,18-19H,9-12H2,1-4H3. The SMILES string of the molecule is CC(C)CNCC(C)C(C)c1ccc(OC2CC2)cc1. The van der Waals surface area contributed by atoms with E-state index >= 15 is 0 Å². The van der Waals surface area contributed by atoms with Crippen LogP contribution in [0.15, 0.2) is 24.3 Å². The van der Waals surface area contributed by atoms with Gasteiger partial charge in [-0.05, 0) is 61.4 Å². The highest BCUT2D eigenvalue weighted by molar-refractivity contribution is 5.30. The van der Waals surface area contributed by atoms with Crippen LogP contribution in [0, 0.1) is 11.8 Å². The number of benzene rings is 1. The van der Waals surface area contributed by atoms with Crippen molar-refractivity contribution in [1.29, 1.82) is 0 Å². The Kier molecular flexibility index (Phi) is 5.47. The van der Waals surface area contributed by atoms with E-state index in [9.17, 15) is 0 Å². The first kappa shape index (κ1) is 15.4. The van der Waals surface area contributed by atoms with Crippen LogP contribution in [0.1, 0.15) is 52.0 Å². The van der Waals surface area contributed by atoms with Crippen molar-refractivity contribution in [2.24, 2.45) is 11.8 Å². The monoisotopic (exact) mass is 275 g/mol. The highest BCUT2D eigenvalue weighted by Crippen LogP contribution is 2.29. The maximum Gasteiger partial charge on any atom is 0.119 e. The molecule has 1 aliphatic carbocycles. The number of hydrogen-bond donors (Lipinski definition) is 1. The minimum atomic E-state index is 0.484. The summed E-state index contributed by atoms with van der Waals surface area (Å²) in [5, 5.41) is 3.56. The molecule has 1 aromatic rings. The van der Waals surface area contributed by atoms with Gasteiger partial charge >= 0.3 is 0 Å². The zero-order valence-electron chi connectivity index (χ0n) is 13.4. The van der Waals surface area contributed by atoms with Crippen LogP contribution in [0.2, 0.25) is 0 Å². The van der Waals surface area contributed by atoms with E-state index in [-0.39, 0.29) is 0 Å². The summed E-state index contributed by atoms with van der Waals surface area (Å²) in [5.74, 6) is 2.96. The topological polar surface area (TPSA) is 21.3 Å². The minimum absolute atomic E-state index is 0.484. The molecule has 0 aromatic heterocycles. The second kappa shape index (κ2) is 7.12. The first-order valence-corrected chi connectivity index (χ1v) is 8.03. The fourth-order valence-electron chi connectivity index (χ4n) is 2.33. The molecule has 1 N–H and O–H groups in total. The summed E-state index contributed by atoms with van der Waals surface area (Å²) in [4.78, 5) is 0. The maximum absolute atomic E-state index is 5.80. The third kappa shape index (κ3) is 4.82. The van der Waals surface area contributed by atoms with Crippen LogP contribution in [0.3, 0.4) is 0 Å². The van der Waals surface area contributed by atoms with Crippen molar-refractivity contribution in [1.82, 2.24) is 5.32 Å². The van der Waals surface area contributed by atoms with Crippen molar-refractivity contribution in [3.05, 3.63) is 29.8 Å². The Labute approximate surface area is 123 Å². The predicted octanol–water partition coefficient (Wildman–Crippen LogP) is 4.21. The maximum atomic E-state index is 5.80. The molecule has 1 saturated carbocycles.